The first-order valence-corrected chi connectivity index (χ1v) is 5.46. The fraction of sp³-hybridized carbons (Fsp3) is 0.154. The van der Waals surface area contributed by atoms with Gasteiger partial charge in [0.15, 0.2) is 5.43 Å². The van der Waals surface area contributed by atoms with Crippen molar-refractivity contribution < 1.29 is 13.2 Å². The number of halogens is 3. The molecule has 3 nitrogen and oxygen atoms in total. The van der Waals surface area contributed by atoms with E-state index in [1.807, 2.05) is 0 Å². The van der Waals surface area contributed by atoms with E-state index in [1.54, 1.807) is 0 Å². The second-order valence-electron chi connectivity index (χ2n) is 4.15. The van der Waals surface area contributed by atoms with E-state index < -0.39 is 11.7 Å². The van der Waals surface area contributed by atoms with Gasteiger partial charge in [-0.05, 0) is 24.6 Å². The summed E-state index contributed by atoms with van der Waals surface area (Å²) in [6.45, 7) is 1.52. The fourth-order valence-electron chi connectivity index (χ4n) is 1.73. The average molecular weight is 268 g/mol. The lowest BCUT2D eigenvalue weighted by Crippen LogP contribution is -2.13. The number of nitrogens with one attached hydrogen (secondary N) is 1. The van der Waals surface area contributed by atoms with Gasteiger partial charge in [-0.3, -0.25) is 4.79 Å². The number of alkyl halides is 3. The molecule has 2 rings (SSSR count). The Kier molecular flexibility index (Phi) is 3.09. The molecule has 1 aromatic carbocycles. The number of rotatable bonds is 1. The standard InChI is InChI=1S/C13H11F3N2O/c1-7-11(19)10(6-18-12(7)17)8-3-2-4-9(5-8)13(14,15)16/h2-6H,1H3,(H3,17,18,19). The van der Waals surface area contributed by atoms with Crippen molar-refractivity contribution in [1.29, 1.82) is 0 Å². The number of nitrogens with two attached hydrogens (primary N) is 1. The van der Waals surface area contributed by atoms with Crippen molar-refractivity contribution in [2.24, 2.45) is 0 Å². The van der Waals surface area contributed by atoms with E-state index in [-0.39, 0.29) is 27.9 Å². The molecule has 0 spiro atoms. The topological polar surface area (TPSA) is 58.9 Å². The van der Waals surface area contributed by atoms with Crippen LogP contribution >= 0.6 is 0 Å². The van der Waals surface area contributed by atoms with Gasteiger partial charge in [0.25, 0.3) is 0 Å². The van der Waals surface area contributed by atoms with Crippen LogP contribution in [0, 0.1) is 6.92 Å². The summed E-state index contributed by atoms with van der Waals surface area (Å²) in [5.74, 6) is 0.209. The van der Waals surface area contributed by atoms with Crippen LogP contribution in [0.4, 0.5) is 19.0 Å². The Labute approximate surface area is 106 Å². The summed E-state index contributed by atoms with van der Waals surface area (Å²) in [5.41, 5.74) is 5.02. The Morgan fingerprint density at radius 3 is 2.58 bits per heavy atom. The number of hydrogen-bond donors (Lipinski definition) is 2. The molecule has 0 unspecified atom stereocenters. The van der Waals surface area contributed by atoms with Crippen LogP contribution in [0.3, 0.4) is 0 Å². The van der Waals surface area contributed by atoms with Crippen molar-refractivity contribution in [2.45, 2.75) is 13.1 Å². The monoisotopic (exact) mass is 268 g/mol. The normalized spacial score (nSPS) is 11.6. The van der Waals surface area contributed by atoms with Gasteiger partial charge < -0.3 is 10.7 Å². The van der Waals surface area contributed by atoms with Crippen LogP contribution in [0.1, 0.15) is 11.1 Å². The van der Waals surface area contributed by atoms with Crippen molar-refractivity contribution >= 4 is 5.82 Å². The lowest BCUT2D eigenvalue weighted by atomic mass is 10.0. The SMILES string of the molecule is Cc1c(N)[nH]cc(-c2cccc(C(F)(F)F)c2)c1=O. The maximum atomic E-state index is 12.6. The zero-order chi connectivity index (χ0) is 14.2. The molecule has 100 valence electrons. The van der Waals surface area contributed by atoms with Gasteiger partial charge in [-0.2, -0.15) is 13.2 Å². The van der Waals surface area contributed by atoms with Crippen LogP contribution in [0.25, 0.3) is 11.1 Å². The zero-order valence-electron chi connectivity index (χ0n) is 10.0. The van der Waals surface area contributed by atoms with E-state index in [0.717, 1.165) is 12.1 Å². The molecule has 0 fully saturated rings. The van der Waals surface area contributed by atoms with Crippen LogP contribution in [-0.4, -0.2) is 4.98 Å². The average Bonchev–Trinajstić information content (AvgIpc) is 2.35. The molecule has 0 aliphatic heterocycles. The third-order valence-electron chi connectivity index (χ3n) is 2.86. The Hall–Kier alpha value is -2.24. The minimum absolute atomic E-state index is 0.165. The van der Waals surface area contributed by atoms with Gasteiger partial charge in [0.2, 0.25) is 0 Å². The highest BCUT2D eigenvalue weighted by Crippen LogP contribution is 2.31. The maximum absolute atomic E-state index is 12.6. The summed E-state index contributed by atoms with van der Waals surface area (Å²) in [4.78, 5) is 14.6. The minimum atomic E-state index is -4.44. The van der Waals surface area contributed by atoms with Crippen LogP contribution in [0.5, 0.6) is 0 Å². The predicted octanol–water partition coefficient (Wildman–Crippen LogP) is 2.95. The molecule has 0 saturated carbocycles. The maximum Gasteiger partial charge on any atom is 0.416 e. The van der Waals surface area contributed by atoms with E-state index in [1.165, 1.54) is 25.3 Å². The summed E-state index contributed by atoms with van der Waals surface area (Å²) < 4.78 is 37.9. The minimum Gasteiger partial charge on any atom is -0.385 e. The summed E-state index contributed by atoms with van der Waals surface area (Å²) in [6, 6.07) is 4.63. The predicted molar refractivity (Wildman–Crippen MR) is 66.7 cm³/mol. The number of aromatic amines is 1. The molecule has 0 saturated heterocycles. The number of aromatic nitrogens is 1. The van der Waals surface area contributed by atoms with E-state index >= 15 is 0 Å². The highest BCUT2D eigenvalue weighted by molar-refractivity contribution is 5.65. The lowest BCUT2D eigenvalue weighted by Gasteiger charge is -2.09. The molecule has 19 heavy (non-hydrogen) atoms. The number of pyridine rings is 1. The van der Waals surface area contributed by atoms with Gasteiger partial charge in [0.05, 0.1) is 5.56 Å². The van der Waals surface area contributed by atoms with Crippen molar-refractivity contribution in [2.75, 3.05) is 5.73 Å². The number of hydrogen-bond acceptors (Lipinski definition) is 2. The van der Waals surface area contributed by atoms with Crippen molar-refractivity contribution in [3.63, 3.8) is 0 Å². The third kappa shape index (κ3) is 2.47. The quantitative estimate of drug-likeness (QED) is 0.835. The van der Waals surface area contributed by atoms with Gasteiger partial charge in [-0.1, -0.05) is 12.1 Å². The molecule has 1 heterocycles. The van der Waals surface area contributed by atoms with Gasteiger partial charge in [0, 0.05) is 17.3 Å². The molecule has 2 aromatic rings. The zero-order valence-corrected chi connectivity index (χ0v) is 10.0. The number of H-pyrrole nitrogens is 1. The van der Waals surface area contributed by atoms with Crippen molar-refractivity contribution in [3.05, 3.63) is 51.8 Å². The smallest absolute Gasteiger partial charge is 0.385 e. The van der Waals surface area contributed by atoms with E-state index in [2.05, 4.69) is 4.98 Å². The first kappa shape index (κ1) is 13.2. The molecule has 0 aliphatic carbocycles. The van der Waals surface area contributed by atoms with Crippen molar-refractivity contribution in [1.82, 2.24) is 4.98 Å². The number of benzene rings is 1. The molecule has 0 atom stereocenters. The molecular formula is C13H11F3N2O. The lowest BCUT2D eigenvalue weighted by molar-refractivity contribution is -0.137. The summed E-state index contributed by atoms with van der Waals surface area (Å²) in [5, 5.41) is 0. The Balaban J connectivity index is 2.61. The molecule has 0 amide bonds. The van der Waals surface area contributed by atoms with Gasteiger partial charge in [-0.25, -0.2) is 0 Å². The van der Waals surface area contributed by atoms with Gasteiger partial charge >= 0.3 is 6.18 Å². The van der Waals surface area contributed by atoms with Crippen LogP contribution in [0.15, 0.2) is 35.3 Å². The Morgan fingerprint density at radius 2 is 1.95 bits per heavy atom. The third-order valence-corrected chi connectivity index (χ3v) is 2.86. The van der Waals surface area contributed by atoms with E-state index in [4.69, 9.17) is 5.73 Å². The molecule has 6 heteroatoms. The first-order valence-electron chi connectivity index (χ1n) is 5.46. The molecule has 1 aromatic heterocycles. The van der Waals surface area contributed by atoms with Crippen molar-refractivity contribution in [3.8, 4) is 11.1 Å². The van der Waals surface area contributed by atoms with E-state index in [9.17, 15) is 18.0 Å². The van der Waals surface area contributed by atoms with Crippen LogP contribution in [0.2, 0.25) is 0 Å². The van der Waals surface area contributed by atoms with Crippen LogP contribution < -0.4 is 11.2 Å². The largest absolute Gasteiger partial charge is 0.416 e. The number of anilines is 1. The summed E-state index contributed by atoms with van der Waals surface area (Å²) >= 11 is 0. The highest BCUT2D eigenvalue weighted by atomic mass is 19.4. The second-order valence-corrected chi connectivity index (χ2v) is 4.15. The van der Waals surface area contributed by atoms with E-state index in [0.29, 0.717) is 0 Å². The molecule has 0 aliphatic rings. The second kappa shape index (κ2) is 4.46. The van der Waals surface area contributed by atoms with Gasteiger partial charge in [-0.15, -0.1) is 0 Å². The summed E-state index contributed by atoms with van der Waals surface area (Å²) in [7, 11) is 0. The molecule has 3 N–H and O–H groups in total. The molecule has 0 radical (unpaired) electrons. The Morgan fingerprint density at radius 1 is 1.26 bits per heavy atom. The number of nitrogen functional groups attached to an aromatic ring is 1. The summed E-state index contributed by atoms with van der Waals surface area (Å²) in [6.07, 6.45) is -3.12. The Bertz CT molecular complexity index is 674. The van der Waals surface area contributed by atoms with Crippen LogP contribution in [-0.2, 0) is 6.18 Å². The van der Waals surface area contributed by atoms with Gasteiger partial charge in [0.1, 0.15) is 5.82 Å². The highest BCUT2D eigenvalue weighted by Gasteiger charge is 2.30. The molecular weight excluding hydrogens is 257 g/mol. The molecule has 0 bridgehead atoms. The fourth-order valence-corrected chi connectivity index (χ4v) is 1.73. The first-order chi connectivity index (χ1) is 8.80.